The van der Waals surface area contributed by atoms with Gasteiger partial charge in [-0.3, -0.25) is 0 Å². The van der Waals surface area contributed by atoms with Crippen LogP contribution in [0.3, 0.4) is 0 Å². The van der Waals surface area contributed by atoms with Crippen LogP contribution in [0.1, 0.15) is 74.1 Å². The molecule has 4 nitrogen and oxygen atoms in total. The quantitative estimate of drug-likeness (QED) is 0.436. The molecule has 124 valence electrons. The van der Waals surface area contributed by atoms with E-state index in [-0.39, 0.29) is 27.2 Å². The molecule has 0 amide bonds. The molecule has 0 fully saturated rings. The van der Waals surface area contributed by atoms with Crippen LogP contribution >= 0.6 is 0 Å². The fourth-order valence-electron chi connectivity index (χ4n) is 0.427. The summed E-state index contributed by atoms with van der Waals surface area (Å²) in [6.45, 7) is 15.6. The summed E-state index contributed by atoms with van der Waals surface area (Å²) in [5.41, 5.74) is 0. The maximum atomic E-state index is 9.53. The Morgan fingerprint density at radius 1 is 0.750 bits per heavy atom. The average molecular weight is 328 g/mol. The minimum Gasteiger partial charge on any atom is -0.852 e. The van der Waals surface area contributed by atoms with Crippen molar-refractivity contribution in [3.63, 3.8) is 0 Å². The van der Waals surface area contributed by atoms with Crippen molar-refractivity contribution < 1.29 is 42.5 Å². The fraction of sp³-hybridized carbons (Fsp3) is 0.933. The van der Waals surface area contributed by atoms with E-state index in [0.29, 0.717) is 0 Å². The van der Waals surface area contributed by atoms with Crippen molar-refractivity contribution in [2.45, 2.75) is 92.5 Å². The first kappa shape index (κ1) is 37.1. The third kappa shape index (κ3) is 453. The Bertz CT molecular complexity index is 83.5. The van der Waals surface area contributed by atoms with Crippen LogP contribution in [-0.2, 0) is 21.7 Å². The second-order valence-electron chi connectivity index (χ2n) is 4.71. The second-order valence-corrected chi connectivity index (χ2v) is 4.71. The molecule has 0 bridgehead atoms. The average Bonchev–Trinajstić information content (AvgIpc) is 2.11. The molecular formula is C15H36O4Ti. The Kier molecular flexibility index (Phi) is 68.0. The van der Waals surface area contributed by atoms with Gasteiger partial charge in [0.05, 0.1) is 0 Å². The maximum absolute atomic E-state index is 9.53. The van der Waals surface area contributed by atoms with Crippen molar-refractivity contribution in [2.24, 2.45) is 0 Å². The standard InChI is InChI=1S/C6H13.3C3H7O.H2O.Ti/c1-3-5-6-4-2;3*1-3(2)4;;/h1,3-6H2,2H3;3*3H,1-2H3;1H2;/q4*-1;;+4. The number of hydrogen-bond acceptors (Lipinski definition) is 3. The van der Waals surface area contributed by atoms with Crippen molar-refractivity contribution in [1.29, 1.82) is 0 Å². The van der Waals surface area contributed by atoms with Crippen LogP contribution in [0.2, 0.25) is 0 Å². The molecule has 2 N–H and O–H groups in total. The Balaban J connectivity index is -0.0000000322. The zero-order chi connectivity index (χ0) is 15.6. The molecule has 0 aromatic rings. The first-order valence-corrected chi connectivity index (χ1v) is 6.88. The number of rotatable bonds is 3. The molecular weight excluding hydrogens is 292 g/mol. The van der Waals surface area contributed by atoms with Gasteiger partial charge < -0.3 is 27.7 Å². The Labute approximate surface area is 142 Å². The normalized spacial score (nSPS) is 8.10. The van der Waals surface area contributed by atoms with Gasteiger partial charge in [-0.25, -0.2) is 0 Å². The summed E-state index contributed by atoms with van der Waals surface area (Å²) in [4.78, 5) is 0. The van der Waals surface area contributed by atoms with Crippen molar-refractivity contribution >= 4 is 0 Å². The SMILES string of the molecule is CC(C)[O-].CC(C)[O-].CC(C)[O-].O.[CH2-]CCCCC.[Ti+4]. The van der Waals surface area contributed by atoms with Crippen molar-refractivity contribution in [1.82, 2.24) is 0 Å². The van der Waals surface area contributed by atoms with E-state index < -0.39 is 18.3 Å². The molecule has 0 aliphatic rings. The minimum atomic E-state index is -0.417. The van der Waals surface area contributed by atoms with Gasteiger partial charge in [0.2, 0.25) is 0 Å². The maximum Gasteiger partial charge on any atom is 4.00 e. The molecule has 0 atom stereocenters. The molecule has 0 spiro atoms. The van der Waals surface area contributed by atoms with Gasteiger partial charge in [0.15, 0.2) is 0 Å². The summed E-state index contributed by atoms with van der Waals surface area (Å²) in [6.07, 6.45) is 3.82. The van der Waals surface area contributed by atoms with E-state index in [2.05, 4.69) is 13.8 Å². The number of unbranched alkanes of at least 4 members (excludes halogenated alkanes) is 3. The first-order chi connectivity index (χ1) is 8.11. The minimum absolute atomic E-state index is 0. The van der Waals surface area contributed by atoms with Gasteiger partial charge in [-0.05, 0) is 0 Å². The van der Waals surface area contributed by atoms with Crippen molar-refractivity contribution in [3.8, 4) is 0 Å². The number of hydrogen-bond donors (Lipinski definition) is 0. The van der Waals surface area contributed by atoms with Crippen molar-refractivity contribution in [3.05, 3.63) is 6.92 Å². The molecule has 20 heavy (non-hydrogen) atoms. The summed E-state index contributed by atoms with van der Waals surface area (Å²) >= 11 is 0. The second kappa shape index (κ2) is 36.6. The van der Waals surface area contributed by atoms with Gasteiger partial charge in [-0.1, -0.05) is 67.7 Å². The molecule has 0 saturated heterocycles. The van der Waals surface area contributed by atoms with E-state index in [1.165, 1.54) is 19.3 Å². The summed E-state index contributed by atoms with van der Waals surface area (Å²) in [6, 6.07) is 0. The van der Waals surface area contributed by atoms with Gasteiger partial charge >= 0.3 is 21.7 Å². The molecule has 0 aromatic carbocycles. The van der Waals surface area contributed by atoms with E-state index in [4.69, 9.17) is 0 Å². The van der Waals surface area contributed by atoms with Crippen LogP contribution in [0.25, 0.3) is 0 Å². The van der Waals surface area contributed by atoms with Crippen LogP contribution in [-0.4, -0.2) is 23.8 Å². The summed E-state index contributed by atoms with van der Waals surface area (Å²) in [7, 11) is 0. The zero-order valence-electron chi connectivity index (χ0n) is 14.5. The molecule has 5 heteroatoms. The van der Waals surface area contributed by atoms with Crippen LogP contribution in [0, 0.1) is 6.92 Å². The molecule has 0 aliphatic heterocycles. The monoisotopic (exact) mass is 328 g/mol. The summed E-state index contributed by atoms with van der Waals surface area (Å²) in [5, 5.41) is 28.6. The molecule has 0 heterocycles. The largest absolute Gasteiger partial charge is 4.00 e. The third-order valence-corrected chi connectivity index (χ3v) is 0.854. The zero-order valence-corrected chi connectivity index (χ0v) is 16.1. The van der Waals surface area contributed by atoms with Gasteiger partial charge in [-0.15, -0.1) is 18.3 Å². The molecule has 0 aliphatic carbocycles. The van der Waals surface area contributed by atoms with E-state index in [1.54, 1.807) is 41.5 Å². The Hall–Kier alpha value is 0.554. The van der Waals surface area contributed by atoms with E-state index >= 15 is 0 Å². The molecule has 0 unspecified atom stereocenters. The van der Waals surface area contributed by atoms with E-state index in [1.807, 2.05) is 0 Å². The van der Waals surface area contributed by atoms with Crippen molar-refractivity contribution in [2.75, 3.05) is 0 Å². The summed E-state index contributed by atoms with van der Waals surface area (Å²) in [5.74, 6) is 0. The topological polar surface area (TPSA) is 101 Å². The fourth-order valence-corrected chi connectivity index (χ4v) is 0.427. The Morgan fingerprint density at radius 2 is 0.950 bits per heavy atom. The van der Waals surface area contributed by atoms with E-state index in [0.717, 1.165) is 6.42 Å². The Morgan fingerprint density at radius 3 is 1.00 bits per heavy atom. The predicted octanol–water partition coefficient (Wildman–Crippen LogP) is 0.839. The smallest absolute Gasteiger partial charge is 0.852 e. The van der Waals surface area contributed by atoms with Crippen LogP contribution in [0.5, 0.6) is 0 Å². The predicted molar refractivity (Wildman–Crippen MR) is 78.5 cm³/mol. The van der Waals surface area contributed by atoms with Gasteiger partial charge in [0, 0.05) is 0 Å². The molecule has 0 radical (unpaired) electrons. The van der Waals surface area contributed by atoms with Crippen LogP contribution in [0.4, 0.5) is 0 Å². The molecule has 0 saturated carbocycles. The third-order valence-electron chi connectivity index (χ3n) is 0.854. The summed E-state index contributed by atoms with van der Waals surface area (Å²) < 4.78 is 0. The van der Waals surface area contributed by atoms with E-state index in [9.17, 15) is 15.3 Å². The molecule has 0 rings (SSSR count). The first-order valence-electron chi connectivity index (χ1n) is 6.88. The van der Waals surface area contributed by atoms with Crippen LogP contribution in [0.15, 0.2) is 0 Å². The van der Waals surface area contributed by atoms with Crippen LogP contribution < -0.4 is 15.3 Å². The van der Waals surface area contributed by atoms with Gasteiger partial charge in [0.1, 0.15) is 0 Å². The van der Waals surface area contributed by atoms with Gasteiger partial charge in [0.25, 0.3) is 0 Å². The van der Waals surface area contributed by atoms with Gasteiger partial charge in [-0.2, -0.15) is 6.42 Å². The molecule has 0 aromatic heterocycles.